The minimum Gasteiger partial charge on any atom is -0.507 e. The number of hydrogen-bond acceptors (Lipinski definition) is 10. The molecule has 0 bridgehead atoms. The fourth-order valence-electron chi connectivity index (χ4n) is 8.31. The summed E-state index contributed by atoms with van der Waals surface area (Å²) in [7, 11) is 2.78. The van der Waals surface area contributed by atoms with Gasteiger partial charge in [-0.25, -0.2) is 4.90 Å². The third-order valence-corrected chi connectivity index (χ3v) is 12.3. The lowest BCUT2D eigenvalue weighted by Gasteiger charge is -2.50. The monoisotopic (exact) mass is 785 g/mol. The number of rotatable bonds is 6. The summed E-state index contributed by atoms with van der Waals surface area (Å²) in [5.41, 5.74) is -1.67. The largest absolute Gasteiger partial charge is 0.507 e. The molecule has 2 aliphatic heterocycles. The van der Waals surface area contributed by atoms with Gasteiger partial charge in [0.25, 0.3) is 11.8 Å². The van der Waals surface area contributed by atoms with Crippen molar-refractivity contribution in [2.24, 2.45) is 17.8 Å². The summed E-state index contributed by atoms with van der Waals surface area (Å²) in [6, 6.07) is 12.2. The molecule has 0 radical (unpaired) electrons. The lowest BCUT2D eigenvalue weighted by molar-refractivity contribution is -0.392. The van der Waals surface area contributed by atoms with Crippen LogP contribution < -0.4 is 9.80 Å². The summed E-state index contributed by atoms with van der Waals surface area (Å²) < 4.78 is 0. The number of phenolic OH excluding ortho intramolecular Hbond substituents is 1. The first-order chi connectivity index (χ1) is 23.6. The highest BCUT2D eigenvalue weighted by molar-refractivity contribution is 9.09. The fraction of sp³-hybridized carbons (Fsp3) is 0.333. The van der Waals surface area contributed by atoms with Crippen LogP contribution in [0.2, 0.25) is 0 Å². The van der Waals surface area contributed by atoms with Crippen LogP contribution in [0.5, 0.6) is 5.75 Å². The van der Waals surface area contributed by atoms with Gasteiger partial charge in [-0.1, -0.05) is 64.0 Å². The number of benzene rings is 3. The van der Waals surface area contributed by atoms with Crippen LogP contribution in [0.25, 0.3) is 10.8 Å². The van der Waals surface area contributed by atoms with Crippen molar-refractivity contribution in [3.05, 3.63) is 86.0 Å². The van der Waals surface area contributed by atoms with Crippen LogP contribution in [-0.2, 0) is 19.2 Å². The van der Waals surface area contributed by atoms with Crippen molar-refractivity contribution in [3.63, 3.8) is 0 Å². The maximum Gasteiger partial charge on any atom is 0.301 e. The molecule has 2 saturated heterocycles. The number of imide groups is 2. The van der Waals surface area contributed by atoms with Gasteiger partial charge in [0.15, 0.2) is 15.4 Å². The number of carbonyl (C=O) groups is 4. The number of carbonyl (C=O) groups excluding carboxylic acids is 4. The van der Waals surface area contributed by atoms with Crippen molar-refractivity contribution in [2.45, 2.75) is 28.5 Å². The smallest absolute Gasteiger partial charge is 0.301 e. The molecule has 0 spiro atoms. The number of halogens is 3. The Morgan fingerprint density at radius 2 is 1.60 bits per heavy atom. The van der Waals surface area contributed by atoms with Gasteiger partial charge in [-0.2, -0.15) is 0 Å². The van der Waals surface area contributed by atoms with E-state index in [4.69, 9.17) is 23.2 Å². The van der Waals surface area contributed by atoms with Gasteiger partial charge in [0.05, 0.1) is 32.8 Å². The molecule has 3 aromatic carbocycles. The average Bonchev–Trinajstić information content (AvgIpc) is 3.42. The number of nitrogens with zero attached hydrogens (tertiary/aromatic N) is 5. The lowest BCUT2D eigenvalue weighted by Crippen LogP contribution is -2.60. The first-order valence-corrected chi connectivity index (χ1v) is 17.2. The summed E-state index contributed by atoms with van der Waals surface area (Å²) in [4.78, 5) is 77.5. The Hall–Kier alpha value is -4.60. The minimum atomic E-state index is -2.15. The number of aromatic hydroxyl groups is 1. The van der Waals surface area contributed by atoms with Crippen LogP contribution in [-0.4, -0.2) is 72.8 Å². The number of alkyl halides is 3. The maximum atomic E-state index is 14.4. The third-order valence-electron chi connectivity index (χ3n) is 10.4. The van der Waals surface area contributed by atoms with E-state index in [9.17, 15) is 44.5 Å². The van der Waals surface area contributed by atoms with E-state index >= 15 is 0 Å². The minimum absolute atomic E-state index is 0.0328. The molecule has 258 valence electrons. The molecule has 3 fully saturated rings. The van der Waals surface area contributed by atoms with Crippen LogP contribution in [0.15, 0.2) is 60.2 Å². The SMILES string of the molecule is CN(C)c1c([N+](=O)[O-])cc(N2C(=O)C3CC=C4C(CC5(Cl)C(=O)N(CBr)C(=O)C5(Cl)C4c4ccc5ccccc5c4O)C3C2=O)cc1[N+](=O)[O-]. The van der Waals surface area contributed by atoms with Crippen molar-refractivity contribution >= 4 is 96.3 Å². The first kappa shape index (κ1) is 33.9. The van der Waals surface area contributed by atoms with Gasteiger partial charge in [-0.3, -0.25) is 44.3 Å². The molecule has 2 heterocycles. The number of hydrogen-bond donors (Lipinski definition) is 1. The summed E-state index contributed by atoms with van der Waals surface area (Å²) in [6.07, 6.45) is 1.31. The van der Waals surface area contributed by atoms with Gasteiger partial charge < -0.3 is 10.0 Å². The number of phenols is 1. The second-order valence-electron chi connectivity index (χ2n) is 13.0. The Labute approximate surface area is 301 Å². The zero-order valence-corrected chi connectivity index (χ0v) is 29.3. The molecule has 6 unspecified atom stereocenters. The molecule has 6 atom stereocenters. The molecule has 17 heteroatoms. The lowest BCUT2D eigenvalue weighted by atomic mass is 9.56. The van der Waals surface area contributed by atoms with E-state index in [1.165, 1.54) is 19.0 Å². The molecule has 50 heavy (non-hydrogen) atoms. The van der Waals surface area contributed by atoms with Crippen molar-refractivity contribution in [2.75, 3.05) is 29.3 Å². The number of nitro groups is 2. The molecule has 3 aromatic rings. The van der Waals surface area contributed by atoms with E-state index in [1.54, 1.807) is 42.5 Å². The van der Waals surface area contributed by atoms with Crippen LogP contribution in [0.3, 0.4) is 0 Å². The summed E-state index contributed by atoms with van der Waals surface area (Å²) in [6.45, 7) is 0. The van der Waals surface area contributed by atoms with Crippen molar-refractivity contribution in [3.8, 4) is 5.75 Å². The molecular formula is C33H26BrCl2N5O9. The van der Waals surface area contributed by atoms with Gasteiger partial charge in [0.2, 0.25) is 11.8 Å². The molecule has 7 rings (SSSR count). The van der Waals surface area contributed by atoms with Crippen LogP contribution in [0.4, 0.5) is 22.7 Å². The van der Waals surface area contributed by atoms with Gasteiger partial charge >= 0.3 is 11.4 Å². The Morgan fingerprint density at radius 3 is 2.20 bits per heavy atom. The average molecular weight is 787 g/mol. The van der Waals surface area contributed by atoms with Crippen LogP contribution in [0, 0.1) is 38.0 Å². The zero-order chi connectivity index (χ0) is 36.2. The molecule has 4 aliphatic rings. The topological polar surface area (TPSA) is 185 Å². The number of allylic oxidation sites excluding steroid dienone is 2. The first-order valence-electron chi connectivity index (χ1n) is 15.3. The normalized spacial score (nSPS) is 28.8. The molecule has 1 saturated carbocycles. The Balaban J connectivity index is 1.40. The van der Waals surface area contributed by atoms with Crippen LogP contribution in [0.1, 0.15) is 24.3 Å². The van der Waals surface area contributed by atoms with E-state index in [0.29, 0.717) is 21.2 Å². The van der Waals surface area contributed by atoms with Crippen molar-refractivity contribution in [1.29, 1.82) is 0 Å². The van der Waals surface area contributed by atoms with Gasteiger partial charge in [-0.15, -0.1) is 23.2 Å². The fourth-order valence-corrected chi connectivity index (χ4v) is 9.73. The number of anilines is 2. The summed E-state index contributed by atoms with van der Waals surface area (Å²) >= 11 is 17.7. The standard InChI is InChI=1S/C33H26BrCl2N5O9/c1-37(2)26-22(40(47)48)11-16(12-23(26)41(49)50)39-28(43)19-10-9-18-21(24(19)29(39)44)13-32(35)30(45)38(14-34)31(46)33(32,36)25(18)20-8-7-15-5-3-4-6-17(15)27(20)42/h3-9,11-12,19,21,24-25,42H,10,13-14H2,1-2H3. The molecular weight excluding hydrogens is 761 g/mol. The predicted octanol–water partition coefficient (Wildman–Crippen LogP) is 5.34. The second kappa shape index (κ2) is 11.5. The van der Waals surface area contributed by atoms with E-state index in [1.807, 2.05) is 0 Å². The number of amides is 4. The molecule has 2 aliphatic carbocycles. The maximum absolute atomic E-state index is 14.4. The Morgan fingerprint density at radius 1 is 0.960 bits per heavy atom. The van der Waals surface area contributed by atoms with Crippen LogP contribution >= 0.6 is 39.1 Å². The van der Waals surface area contributed by atoms with E-state index in [-0.39, 0.29) is 41.0 Å². The third kappa shape index (κ3) is 4.32. The number of nitro benzene ring substituents is 2. The van der Waals surface area contributed by atoms with E-state index < -0.39 is 78.3 Å². The zero-order valence-electron chi connectivity index (χ0n) is 26.2. The highest BCUT2D eigenvalue weighted by Gasteiger charge is 2.76. The van der Waals surface area contributed by atoms with E-state index in [0.717, 1.165) is 17.0 Å². The van der Waals surface area contributed by atoms with Gasteiger partial charge in [0, 0.05) is 43.1 Å². The summed E-state index contributed by atoms with van der Waals surface area (Å²) in [5.74, 6) is -7.79. The number of likely N-dealkylation sites (tertiary alicyclic amines) is 1. The van der Waals surface area contributed by atoms with Gasteiger partial charge in [0.1, 0.15) is 5.75 Å². The van der Waals surface area contributed by atoms with E-state index in [2.05, 4.69) is 15.9 Å². The quantitative estimate of drug-likeness (QED) is 0.0854. The molecule has 4 amide bonds. The second-order valence-corrected chi connectivity index (χ2v) is 14.7. The Bertz CT molecular complexity index is 2110. The van der Waals surface area contributed by atoms with Crippen molar-refractivity contribution in [1.82, 2.24) is 4.90 Å². The predicted molar refractivity (Wildman–Crippen MR) is 186 cm³/mol. The highest BCUT2D eigenvalue weighted by atomic mass is 79.9. The van der Waals surface area contributed by atoms with Crippen molar-refractivity contribution < 1.29 is 34.1 Å². The van der Waals surface area contributed by atoms with Gasteiger partial charge in [-0.05, 0) is 24.1 Å². The molecule has 0 aromatic heterocycles. The molecule has 1 N–H and O–H groups in total. The molecule has 14 nitrogen and oxygen atoms in total. The summed E-state index contributed by atoms with van der Waals surface area (Å²) in [5, 5.41) is 37.0. The highest BCUT2D eigenvalue weighted by Crippen LogP contribution is 2.66. The number of fused-ring (bicyclic) bond motifs is 5. The Kier molecular flexibility index (Phi) is 7.77.